The Morgan fingerprint density at radius 1 is 0.365 bits per heavy atom. The van der Waals surface area contributed by atoms with Gasteiger partial charge in [0.1, 0.15) is 73.2 Å². The molecule has 17 unspecified atom stereocenters. The summed E-state index contributed by atoms with van der Waals surface area (Å²) < 4.78 is 34.5. The molecule has 0 aromatic rings. The molecule has 0 aromatic heterocycles. The molecule has 0 aromatic carbocycles. The van der Waals surface area contributed by atoms with Crippen molar-refractivity contribution in [3.05, 3.63) is 12.2 Å². The van der Waals surface area contributed by atoms with Crippen LogP contribution < -0.4 is 5.32 Å². The Bertz CT molecular complexity index is 1790. The molecule has 3 heterocycles. The zero-order valence-corrected chi connectivity index (χ0v) is 60.6. The lowest BCUT2D eigenvalue weighted by Crippen LogP contribution is -2.66. The van der Waals surface area contributed by atoms with Crippen LogP contribution >= 0.6 is 0 Å². The minimum atomic E-state index is -1.97. The third-order valence-corrected chi connectivity index (χ3v) is 20.3. The van der Waals surface area contributed by atoms with Crippen LogP contribution in [0, 0.1) is 0 Å². The zero-order valence-electron chi connectivity index (χ0n) is 60.6. The number of amides is 1. The molecule has 3 saturated heterocycles. The van der Waals surface area contributed by atoms with Crippen LogP contribution in [0.15, 0.2) is 12.2 Å². The van der Waals surface area contributed by atoms with Crippen molar-refractivity contribution in [1.29, 1.82) is 0 Å². The summed E-state index contributed by atoms with van der Waals surface area (Å²) >= 11 is 0. The van der Waals surface area contributed by atoms with Gasteiger partial charge in [0.15, 0.2) is 18.9 Å². The molecule has 1 amide bonds. The van der Waals surface area contributed by atoms with Crippen LogP contribution in [-0.4, -0.2) is 193 Å². The molecule has 3 fully saturated rings. The summed E-state index contributed by atoms with van der Waals surface area (Å²) in [7, 11) is 0. The van der Waals surface area contributed by atoms with Crippen molar-refractivity contribution < 1.29 is 89.4 Å². The van der Waals surface area contributed by atoms with Crippen LogP contribution in [0.25, 0.3) is 0 Å². The average molecular weight is 1380 g/mol. The van der Waals surface area contributed by atoms with Gasteiger partial charge >= 0.3 is 0 Å². The Balaban J connectivity index is 1.37. The van der Waals surface area contributed by atoms with Crippen LogP contribution in [-0.2, 0) is 33.2 Å². The highest BCUT2D eigenvalue weighted by Gasteiger charge is 2.54. The molecule has 0 aliphatic carbocycles. The van der Waals surface area contributed by atoms with Gasteiger partial charge < -0.3 is 89.9 Å². The predicted molar refractivity (Wildman–Crippen MR) is 379 cm³/mol. The Kier molecular flexibility index (Phi) is 54.5. The molecule has 0 bridgehead atoms. The zero-order chi connectivity index (χ0) is 69.6. The lowest BCUT2D eigenvalue weighted by Gasteiger charge is -2.48. The van der Waals surface area contributed by atoms with Crippen molar-refractivity contribution in [2.75, 3.05) is 26.4 Å². The van der Waals surface area contributed by atoms with Crippen molar-refractivity contribution in [1.82, 2.24) is 5.32 Å². The monoisotopic (exact) mass is 1370 g/mol. The second-order valence-electron chi connectivity index (χ2n) is 28.9. The standard InChI is InChI=1S/C77H147NO18/c1-3-5-7-9-11-13-15-17-19-21-23-25-27-29-30-31-33-35-37-39-41-43-45-47-49-51-53-55-65(83)78-60(61(82)54-52-50-48-46-44-42-40-38-36-34-32-28-26-24-22-20-18-16-14-12-10-8-6-4-2)59-91-75-71(89)68(86)73(63(57-80)93-75)96-77-72(90)69(87)74(64(58-81)94-77)95-76-70(88)67(85)66(84)62(56-79)92-76/h21,23,60-64,66-77,79-82,84-90H,3-20,22,24-59H2,1-2H3,(H,78,83)/b23-21-. The minimum absolute atomic E-state index is 0.235. The molecule has 19 heteroatoms. The van der Waals surface area contributed by atoms with Gasteiger partial charge in [0.05, 0.1) is 38.6 Å². The number of hydrogen-bond acceptors (Lipinski definition) is 18. The minimum Gasteiger partial charge on any atom is -0.394 e. The molecule has 17 atom stereocenters. The number of nitrogens with one attached hydrogen (secondary N) is 1. The van der Waals surface area contributed by atoms with Gasteiger partial charge in [0.2, 0.25) is 5.91 Å². The molecule has 19 nitrogen and oxygen atoms in total. The van der Waals surface area contributed by atoms with Gasteiger partial charge in [-0.3, -0.25) is 4.79 Å². The topological polar surface area (TPSA) is 307 Å². The number of aliphatic hydroxyl groups is 11. The predicted octanol–water partition coefficient (Wildman–Crippen LogP) is 12.8. The first-order chi connectivity index (χ1) is 46.8. The Labute approximate surface area is 582 Å². The second-order valence-corrected chi connectivity index (χ2v) is 28.9. The molecule has 0 spiro atoms. The van der Waals surface area contributed by atoms with Gasteiger partial charge in [-0.1, -0.05) is 309 Å². The molecule has 0 radical (unpaired) electrons. The first-order valence-electron chi connectivity index (χ1n) is 39.9. The summed E-state index contributed by atoms with van der Waals surface area (Å²) in [5.74, 6) is -0.235. The summed E-state index contributed by atoms with van der Waals surface area (Å²) in [6, 6.07) is -0.885. The molecule has 3 aliphatic rings. The van der Waals surface area contributed by atoms with Gasteiger partial charge in [-0.2, -0.15) is 0 Å². The molecular weight excluding hydrogens is 1230 g/mol. The Hall–Kier alpha value is -1.47. The highest BCUT2D eigenvalue weighted by molar-refractivity contribution is 5.76. The summed E-state index contributed by atoms with van der Waals surface area (Å²) in [6.45, 7) is 1.86. The number of hydrogen-bond donors (Lipinski definition) is 12. The van der Waals surface area contributed by atoms with E-state index in [2.05, 4.69) is 31.3 Å². The maximum absolute atomic E-state index is 13.5. The highest BCUT2D eigenvalue weighted by Crippen LogP contribution is 2.33. The van der Waals surface area contributed by atoms with Crippen LogP contribution in [0.4, 0.5) is 0 Å². The molecule has 3 rings (SSSR count). The molecule has 12 N–H and O–H groups in total. The summed E-state index contributed by atoms with van der Waals surface area (Å²) in [5, 5.41) is 121. The molecule has 0 saturated carbocycles. The van der Waals surface area contributed by atoms with Gasteiger partial charge in [-0.05, 0) is 38.5 Å². The van der Waals surface area contributed by atoms with Gasteiger partial charge in [-0.25, -0.2) is 0 Å². The van der Waals surface area contributed by atoms with Gasteiger partial charge in [-0.15, -0.1) is 0 Å². The third kappa shape index (κ3) is 39.3. The van der Waals surface area contributed by atoms with E-state index in [1.54, 1.807) is 0 Å². The fraction of sp³-hybridized carbons (Fsp3) is 0.961. The summed E-state index contributed by atoms with van der Waals surface area (Å²) in [4.78, 5) is 13.5. The fourth-order valence-electron chi connectivity index (χ4n) is 13.9. The summed E-state index contributed by atoms with van der Waals surface area (Å²) in [6.07, 6.45) is 41.5. The van der Waals surface area contributed by atoms with E-state index in [4.69, 9.17) is 28.4 Å². The number of carbonyl (C=O) groups is 1. The van der Waals surface area contributed by atoms with Crippen molar-refractivity contribution in [3.8, 4) is 0 Å². The van der Waals surface area contributed by atoms with E-state index in [1.807, 2.05) is 0 Å². The number of aliphatic hydroxyl groups excluding tert-OH is 11. The molecular formula is C77H147NO18. The first-order valence-corrected chi connectivity index (χ1v) is 39.9. The SMILES string of the molecule is CCCCCCCCCC/C=C\CCCCCCCCCCCCCCCCCC(=O)NC(COC1OC(CO)C(OC2OC(CO)C(OC3OC(CO)C(O)C(O)C3O)C(O)C2O)C(O)C1O)C(O)CCCCCCCCCCCCCCCCCCCCCCCCCC. The number of unbranched alkanes of at least 4 members (excludes halogenated alkanes) is 46. The first kappa shape index (κ1) is 88.7. The van der Waals surface area contributed by atoms with Crippen molar-refractivity contribution in [2.45, 2.75) is 446 Å². The van der Waals surface area contributed by atoms with E-state index in [0.717, 1.165) is 44.9 Å². The normalized spacial score (nSPS) is 27.0. The second kappa shape index (κ2) is 59.0. The van der Waals surface area contributed by atoms with Crippen molar-refractivity contribution >= 4 is 5.91 Å². The maximum Gasteiger partial charge on any atom is 0.220 e. The quantitative estimate of drug-likeness (QED) is 0.0199. The van der Waals surface area contributed by atoms with Crippen LogP contribution in [0.3, 0.4) is 0 Å². The lowest BCUT2D eigenvalue weighted by atomic mass is 9.96. The van der Waals surface area contributed by atoms with Crippen LogP contribution in [0.5, 0.6) is 0 Å². The smallest absolute Gasteiger partial charge is 0.220 e. The Morgan fingerprint density at radius 2 is 0.656 bits per heavy atom. The molecule has 3 aliphatic heterocycles. The Morgan fingerprint density at radius 3 is 1.01 bits per heavy atom. The van der Waals surface area contributed by atoms with E-state index in [1.165, 1.54) is 263 Å². The van der Waals surface area contributed by atoms with E-state index in [9.17, 15) is 61.0 Å². The van der Waals surface area contributed by atoms with E-state index >= 15 is 0 Å². The number of rotatable bonds is 64. The average Bonchev–Trinajstić information content (AvgIpc) is 1.09. The highest BCUT2D eigenvalue weighted by atomic mass is 16.8. The van der Waals surface area contributed by atoms with Crippen molar-refractivity contribution in [3.63, 3.8) is 0 Å². The van der Waals surface area contributed by atoms with Gasteiger partial charge in [0.25, 0.3) is 0 Å². The van der Waals surface area contributed by atoms with E-state index in [-0.39, 0.29) is 18.9 Å². The summed E-state index contributed by atoms with van der Waals surface area (Å²) in [5.41, 5.74) is 0. The van der Waals surface area contributed by atoms with E-state index in [0.29, 0.717) is 12.8 Å². The van der Waals surface area contributed by atoms with Gasteiger partial charge in [0, 0.05) is 6.42 Å². The van der Waals surface area contributed by atoms with Crippen LogP contribution in [0.2, 0.25) is 0 Å². The maximum atomic E-state index is 13.5. The van der Waals surface area contributed by atoms with E-state index < -0.39 is 124 Å². The fourth-order valence-corrected chi connectivity index (χ4v) is 13.9. The number of allylic oxidation sites excluding steroid dienone is 2. The van der Waals surface area contributed by atoms with Crippen LogP contribution in [0.1, 0.15) is 341 Å². The number of carbonyl (C=O) groups excluding carboxylic acids is 1. The van der Waals surface area contributed by atoms with Crippen molar-refractivity contribution in [2.24, 2.45) is 0 Å². The third-order valence-electron chi connectivity index (χ3n) is 20.3. The largest absolute Gasteiger partial charge is 0.394 e. The molecule has 96 heavy (non-hydrogen) atoms. The molecule has 568 valence electrons. The lowest BCUT2D eigenvalue weighted by molar-refractivity contribution is -0.379. The number of ether oxygens (including phenoxy) is 6.